The molecule has 2 rings (SSSR count). The molecule has 0 radical (unpaired) electrons. The van der Waals surface area contributed by atoms with E-state index in [-0.39, 0.29) is 25.9 Å². The second kappa shape index (κ2) is 12.8. The van der Waals surface area contributed by atoms with Crippen LogP contribution in [0, 0.1) is 0 Å². The second-order valence-electron chi connectivity index (χ2n) is 7.42. The van der Waals surface area contributed by atoms with Gasteiger partial charge in [0.25, 0.3) is 5.91 Å². The van der Waals surface area contributed by atoms with Crippen LogP contribution in [-0.2, 0) is 30.4 Å². The first-order chi connectivity index (χ1) is 15.3. The number of likely N-dealkylation sites (tertiary alicyclic amines) is 1. The number of piperidine rings is 1. The number of likely N-dealkylation sites (N-methyl/N-ethyl adjacent to an activating group) is 1. The van der Waals surface area contributed by atoms with Crippen molar-refractivity contribution < 1.29 is 33.4 Å². The summed E-state index contributed by atoms with van der Waals surface area (Å²) in [7, 11) is 1.34. The zero-order valence-corrected chi connectivity index (χ0v) is 18.7. The molecule has 0 unspecified atom stereocenters. The average Bonchev–Trinajstić information content (AvgIpc) is 2.81. The summed E-state index contributed by atoms with van der Waals surface area (Å²) in [6, 6.07) is 8.68. The number of hydrogen-bond donors (Lipinski definition) is 1. The van der Waals surface area contributed by atoms with Crippen LogP contribution in [0.25, 0.3) is 0 Å². The minimum Gasteiger partial charge on any atom is -0.449 e. The number of amides is 4. The van der Waals surface area contributed by atoms with Crippen LogP contribution in [0.5, 0.6) is 0 Å². The summed E-state index contributed by atoms with van der Waals surface area (Å²) in [6.07, 6.45) is -0.415. The largest absolute Gasteiger partial charge is 0.449 e. The minimum atomic E-state index is -0.784. The number of imide groups is 2. The lowest BCUT2D eigenvalue weighted by Crippen LogP contribution is -2.50. The summed E-state index contributed by atoms with van der Waals surface area (Å²) in [5.74, 6) is -0.915. The summed E-state index contributed by atoms with van der Waals surface area (Å²) in [5, 5.41) is 2.26. The third-order valence-corrected chi connectivity index (χ3v) is 5.20. The predicted molar refractivity (Wildman–Crippen MR) is 115 cm³/mol. The molecule has 1 aromatic rings. The van der Waals surface area contributed by atoms with Crippen molar-refractivity contribution in [2.45, 2.75) is 45.4 Å². The number of nitrogens with zero attached hydrogens (tertiary/aromatic N) is 2. The Morgan fingerprint density at radius 3 is 2.41 bits per heavy atom. The van der Waals surface area contributed by atoms with Crippen molar-refractivity contribution >= 4 is 24.0 Å². The molecule has 1 aliphatic heterocycles. The van der Waals surface area contributed by atoms with Gasteiger partial charge in [-0.25, -0.2) is 14.5 Å². The van der Waals surface area contributed by atoms with Crippen LogP contribution < -0.4 is 5.32 Å². The van der Waals surface area contributed by atoms with Crippen molar-refractivity contribution in [1.29, 1.82) is 0 Å². The lowest BCUT2D eigenvalue weighted by Gasteiger charge is -2.35. The van der Waals surface area contributed by atoms with Gasteiger partial charge in [0.15, 0.2) is 0 Å². The molecule has 176 valence electrons. The van der Waals surface area contributed by atoms with E-state index >= 15 is 0 Å². The molecule has 0 spiro atoms. The van der Waals surface area contributed by atoms with Gasteiger partial charge in [-0.05, 0) is 32.3 Å². The molecule has 1 saturated heterocycles. The van der Waals surface area contributed by atoms with Gasteiger partial charge in [0.2, 0.25) is 5.91 Å². The molecule has 1 atom stereocenters. The molecule has 0 aliphatic carbocycles. The van der Waals surface area contributed by atoms with Gasteiger partial charge in [-0.2, -0.15) is 0 Å². The van der Waals surface area contributed by atoms with Gasteiger partial charge in [0.05, 0.1) is 18.8 Å². The average molecular weight is 450 g/mol. The Hall–Kier alpha value is -2.98. The van der Waals surface area contributed by atoms with E-state index in [4.69, 9.17) is 14.2 Å². The Morgan fingerprint density at radius 1 is 1.12 bits per heavy atom. The van der Waals surface area contributed by atoms with E-state index in [1.54, 1.807) is 13.8 Å². The predicted octanol–water partition coefficient (Wildman–Crippen LogP) is 1.92. The standard InChI is InChI=1S/C22H31N3O7/c1-4-30-22(29)24(3)19(26)15-31-18-10-12-25(13-11-18)16(2)20(27)23-21(28)32-14-17-8-6-5-7-9-17/h5-9,16,18H,4,10-15H2,1-3H3,(H,23,27,28)/t16-/m0/s1. The summed E-state index contributed by atoms with van der Waals surface area (Å²) < 4.78 is 15.5. The van der Waals surface area contributed by atoms with Crippen LogP contribution in [0.4, 0.5) is 9.59 Å². The minimum absolute atomic E-state index is 0.0845. The van der Waals surface area contributed by atoms with Gasteiger partial charge in [0.1, 0.15) is 13.2 Å². The topological polar surface area (TPSA) is 114 Å². The number of rotatable bonds is 8. The van der Waals surface area contributed by atoms with Gasteiger partial charge < -0.3 is 14.2 Å². The van der Waals surface area contributed by atoms with E-state index in [9.17, 15) is 19.2 Å². The van der Waals surface area contributed by atoms with E-state index in [1.165, 1.54) is 7.05 Å². The third-order valence-electron chi connectivity index (χ3n) is 5.20. The Labute approximate surface area is 187 Å². The Kier molecular flexibility index (Phi) is 10.1. The summed E-state index contributed by atoms with van der Waals surface area (Å²) in [5.41, 5.74) is 0.831. The third kappa shape index (κ3) is 7.93. The molecule has 0 saturated carbocycles. The molecule has 1 aromatic carbocycles. The fourth-order valence-electron chi connectivity index (χ4n) is 3.17. The number of carbonyl (C=O) groups is 4. The summed E-state index contributed by atoms with van der Waals surface area (Å²) in [4.78, 5) is 50.7. The molecule has 32 heavy (non-hydrogen) atoms. The van der Waals surface area contributed by atoms with Gasteiger partial charge in [-0.3, -0.25) is 19.8 Å². The lowest BCUT2D eigenvalue weighted by molar-refractivity contribution is -0.136. The molecule has 1 aliphatic rings. The first kappa shape index (κ1) is 25.3. The molecule has 10 heteroatoms. The Balaban J connectivity index is 1.68. The van der Waals surface area contributed by atoms with E-state index in [1.807, 2.05) is 35.2 Å². The first-order valence-corrected chi connectivity index (χ1v) is 10.6. The fourth-order valence-corrected chi connectivity index (χ4v) is 3.17. The first-order valence-electron chi connectivity index (χ1n) is 10.6. The number of alkyl carbamates (subject to hydrolysis) is 1. The summed E-state index contributed by atoms with van der Waals surface area (Å²) in [6.45, 7) is 4.57. The van der Waals surface area contributed by atoms with E-state index in [0.29, 0.717) is 25.9 Å². The van der Waals surface area contributed by atoms with Crippen molar-refractivity contribution in [3.63, 3.8) is 0 Å². The molecule has 1 heterocycles. The SMILES string of the molecule is CCOC(=O)N(C)C(=O)COC1CCN([C@@H](C)C(=O)NC(=O)OCc2ccccc2)CC1. The number of carbonyl (C=O) groups excluding carboxylic acids is 4. The van der Waals surface area contributed by atoms with Crippen LogP contribution in [0.2, 0.25) is 0 Å². The Bertz CT molecular complexity index is 779. The molecule has 0 bridgehead atoms. The molecule has 1 N–H and O–H groups in total. The van der Waals surface area contributed by atoms with Crippen molar-refractivity contribution in [1.82, 2.24) is 15.1 Å². The zero-order valence-electron chi connectivity index (χ0n) is 18.7. The molecule has 10 nitrogen and oxygen atoms in total. The monoisotopic (exact) mass is 449 g/mol. The molecule has 1 fully saturated rings. The Morgan fingerprint density at radius 2 is 1.78 bits per heavy atom. The van der Waals surface area contributed by atoms with Gasteiger partial charge >= 0.3 is 12.2 Å². The molecular formula is C22H31N3O7. The number of hydrogen-bond acceptors (Lipinski definition) is 8. The summed E-state index contributed by atoms with van der Waals surface area (Å²) >= 11 is 0. The molecular weight excluding hydrogens is 418 g/mol. The van der Waals surface area contributed by atoms with Gasteiger partial charge in [-0.15, -0.1) is 0 Å². The quantitative estimate of drug-likeness (QED) is 0.640. The van der Waals surface area contributed by atoms with Crippen molar-refractivity contribution in [2.24, 2.45) is 0 Å². The van der Waals surface area contributed by atoms with E-state index in [0.717, 1.165) is 10.5 Å². The van der Waals surface area contributed by atoms with Crippen LogP contribution in [0.1, 0.15) is 32.3 Å². The highest BCUT2D eigenvalue weighted by Crippen LogP contribution is 2.16. The highest BCUT2D eigenvalue weighted by molar-refractivity contribution is 5.94. The van der Waals surface area contributed by atoms with Crippen LogP contribution in [0.15, 0.2) is 30.3 Å². The maximum Gasteiger partial charge on any atom is 0.416 e. The normalized spacial score (nSPS) is 15.5. The van der Waals surface area contributed by atoms with Crippen molar-refractivity contribution in [3.05, 3.63) is 35.9 Å². The van der Waals surface area contributed by atoms with Gasteiger partial charge in [-0.1, -0.05) is 30.3 Å². The highest BCUT2D eigenvalue weighted by atomic mass is 16.6. The molecule has 4 amide bonds. The smallest absolute Gasteiger partial charge is 0.416 e. The van der Waals surface area contributed by atoms with E-state index < -0.39 is 30.0 Å². The van der Waals surface area contributed by atoms with Gasteiger partial charge in [0, 0.05) is 20.1 Å². The van der Waals surface area contributed by atoms with Crippen molar-refractivity contribution in [2.75, 3.05) is 33.4 Å². The lowest BCUT2D eigenvalue weighted by atomic mass is 10.1. The maximum absolute atomic E-state index is 12.4. The van der Waals surface area contributed by atoms with Crippen LogP contribution in [0.3, 0.4) is 0 Å². The number of ether oxygens (including phenoxy) is 3. The second-order valence-corrected chi connectivity index (χ2v) is 7.42. The fraction of sp³-hybridized carbons (Fsp3) is 0.545. The van der Waals surface area contributed by atoms with Crippen LogP contribution in [-0.4, -0.2) is 79.3 Å². The van der Waals surface area contributed by atoms with Crippen molar-refractivity contribution in [3.8, 4) is 0 Å². The molecule has 0 aromatic heterocycles. The van der Waals surface area contributed by atoms with E-state index in [2.05, 4.69) is 5.32 Å². The number of nitrogens with one attached hydrogen (secondary N) is 1. The zero-order chi connectivity index (χ0) is 23.5. The van der Waals surface area contributed by atoms with Crippen LogP contribution >= 0.6 is 0 Å². The highest BCUT2D eigenvalue weighted by Gasteiger charge is 2.29. The number of benzene rings is 1. The maximum atomic E-state index is 12.4.